The number of nitrogens with zero attached hydrogens (tertiary/aromatic N) is 1. The van der Waals surface area contributed by atoms with Crippen LogP contribution in [0.1, 0.15) is 181 Å². The van der Waals surface area contributed by atoms with E-state index in [1.165, 1.54) is 83.5 Å². The Balaban J connectivity index is 2.31. The molecule has 1 N–H and O–H groups in total. The van der Waals surface area contributed by atoms with Crippen molar-refractivity contribution in [3.05, 3.63) is 48.6 Å². The maximum absolute atomic E-state index is 12.7. The first-order valence-electron chi connectivity index (χ1n) is 23.5. The van der Waals surface area contributed by atoms with Crippen LogP contribution in [0.2, 0.25) is 0 Å². The summed E-state index contributed by atoms with van der Waals surface area (Å²) in [5.74, 6) is -0.877. The van der Waals surface area contributed by atoms with Crippen LogP contribution in [0.15, 0.2) is 48.6 Å². The van der Waals surface area contributed by atoms with Gasteiger partial charge in [0.05, 0.1) is 40.0 Å². The van der Waals surface area contributed by atoms with E-state index in [1.807, 2.05) is 21.1 Å². The summed E-state index contributed by atoms with van der Waals surface area (Å²) in [4.78, 5) is 35.5. The second kappa shape index (κ2) is 36.6. The van der Waals surface area contributed by atoms with E-state index in [4.69, 9.17) is 23.3 Å². The molecule has 59 heavy (non-hydrogen) atoms. The summed E-state index contributed by atoms with van der Waals surface area (Å²) in [6.07, 6.45) is 44.7. The minimum atomic E-state index is -4.40. The molecule has 1 aliphatic heterocycles. The normalized spacial score (nSPS) is 17.4. The van der Waals surface area contributed by atoms with Crippen LogP contribution in [0, 0.1) is 0 Å². The molecule has 0 bridgehead atoms. The van der Waals surface area contributed by atoms with Crippen LogP contribution in [-0.4, -0.2) is 87.1 Å². The summed E-state index contributed by atoms with van der Waals surface area (Å²) < 4.78 is 40.1. The lowest BCUT2D eigenvalue weighted by atomic mass is 10.1. The summed E-state index contributed by atoms with van der Waals surface area (Å²) in [5, 5.41) is 0. The molecule has 0 aromatic heterocycles. The number of carbonyl (C=O) groups excluding carboxylic acids is 2. The quantitative estimate of drug-likeness (QED) is 0.0160. The highest BCUT2D eigenvalue weighted by Crippen LogP contribution is 2.43. The summed E-state index contributed by atoms with van der Waals surface area (Å²) in [6.45, 7) is 4.30. The number of likely N-dealkylation sites (N-methyl/N-ethyl adjacent to an activating group) is 1. The number of hydrogen-bond donors (Lipinski definition) is 1. The smallest absolute Gasteiger partial charge is 0.462 e. The van der Waals surface area contributed by atoms with Crippen molar-refractivity contribution in [2.75, 3.05) is 47.5 Å². The third-order valence-electron chi connectivity index (χ3n) is 10.2. The van der Waals surface area contributed by atoms with E-state index in [1.54, 1.807) is 0 Å². The van der Waals surface area contributed by atoms with Crippen molar-refractivity contribution in [2.24, 2.45) is 0 Å². The molecule has 0 radical (unpaired) electrons. The Hall–Kier alpha value is -2.07. The minimum Gasteiger partial charge on any atom is -0.462 e. The second-order valence-corrected chi connectivity index (χ2v) is 18.6. The van der Waals surface area contributed by atoms with Crippen LogP contribution in [0.25, 0.3) is 0 Å². The lowest BCUT2D eigenvalue weighted by molar-refractivity contribution is -0.870. The second-order valence-electron chi connectivity index (χ2n) is 17.2. The van der Waals surface area contributed by atoms with Crippen molar-refractivity contribution in [1.82, 2.24) is 0 Å². The zero-order valence-electron chi connectivity index (χ0n) is 38.2. The van der Waals surface area contributed by atoms with Crippen LogP contribution in [0.5, 0.6) is 0 Å². The first-order chi connectivity index (χ1) is 28.5. The van der Waals surface area contributed by atoms with E-state index >= 15 is 0 Å². The molecule has 4 atom stereocenters. The van der Waals surface area contributed by atoms with Gasteiger partial charge >= 0.3 is 19.8 Å². The van der Waals surface area contributed by atoms with Crippen LogP contribution in [-0.2, 0) is 37.4 Å². The summed E-state index contributed by atoms with van der Waals surface area (Å²) in [6, 6.07) is 0. The van der Waals surface area contributed by atoms with Crippen LogP contribution in [0.3, 0.4) is 0 Å². The highest BCUT2D eigenvalue weighted by atomic mass is 31.2. The predicted molar refractivity (Wildman–Crippen MR) is 242 cm³/mol. The highest BCUT2D eigenvalue weighted by molar-refractivity contribution is 7.47. The van der Waals surface area contributed by atoms with E-state index in [2.05, 4.69) is 62.5 Å². The number of allylic oxidation sites excluding steroid dienone is 6. The fraction of sp³-hybridized carbons (Fsp3) is 0.792. The Kier molecular flexibility index (Phi) is 34.1. The van der Waals surface area contributed by atoms with Crippen molar-refractivity contribution in [3.8, 4) is 0 Å². The van der Waals surface area contributed by atoms with E-state index in [9.17, 15) is 19.0 Å². The lowest BCUT2D eigenvalue weighted by Crippen LogP contribution is -2.37. The Morgan fingerprint density at radius 3 is 1.71 bits per heavy atom. The number of hydrogen-bond acceptors (Lipinski definition) is 8. The number of carbonyl (C=O) groups is 2. The Bertz CT molecular complexity index is 1210. The Morgan fingerprint density at radius 2 is 1.08 bits per heavy atom. The minimum absolute atomic E-state index is 0.0165. The van der Waals surface area contributed by atoms with Gasteiger partial charge in [-0.25, -0.2) is 4.57 Å². The van der Waals surface area contributed by atoms with Crippen molar-refractivity contribution < 1.29 is 46.8 Å². The van der Waals surface area contributed by atoms with Crippen molar-refractivity contribution in [1.29, 1.82) is 0 Å². The van der Waals surface area contributed by atoms with Crippen molar-refractivity contribution in [3.63, 3.8) is 0 Å². The van der Waals surface area contributed by atoms with Crippen molar-refractivity contribution in [2.45, 2.75) is 199 Å². The SMILES string of the molecule is CCCCC/C=C\C/C=C\CC1OC1C/C=C\CCCC(=O)O[C@H](COC(=O)CCCCCCCCC/C=C\CCCCCCCC)COP(=O)(O)OCC[N+](C)(C)C. The molecule has 1 aliphatic rings. The van der Waals surface area contributed by atoms with E-state index in [0.29, 0.717) is 23.9 Å². The number of quaternary nitrogens is 1. The van der Waals surface area contributed by atoms with Crippen LogP contribution in [0.4, 0.5) is 0 Å². The van der Waals surface area contributed by atoms with E-state index in [-0.39, 0.29) is 38.3 Å². The van der Waals surface area contributed by atoms with Gasteiger partial charge in [0, 0.05) is 12.8 Å². The fourth-order valence-electron chi connectivity index (χ4n) is 6.39. The maximum atomic E-state index is 12.7. The molecule has 1 fully saturated rings. The zero-order chi connectivity index (χ0) is 43.3. The average molecular weight is 853 g/mol. The monoisotopic (exact) mass is 853 g/mol. The molecule has 3 unspecified atom stereocenters. The molecule has 0 aromatic rings. The average Bonchev–Trinajstić information content (AvgIpc) is 3.94. The first-order valence-corrected chi connectivity index (χ1v) is 25.0. The van der Waals surface area contributed by atoms with Crippen LogP contribution < -0.4 is 0 Å². The molecule has 1 saturated heterocycles. The molecular formula is C48H87NO9P+. The molecule has 11 heteroatoms. The molecule has 0 aromatic carbocycles. The van der Waals surface area contributed by atoms with Gasteiger partial charge < -0.3 is 23.6 Å². The molecule has 0 aliphatic carbocycles. The molecule has 1 rings (SSSR count). The lowest BCUT2D eigenvalue weighted by Gasteiger charge is -2.24. The summed E-state index contributed by atoms with van der Waals surface area (Å²) >= 11 is 0. The standard InChI is InChI=1S/C48H86NO9P/c1-6-8-10-12-14-16-17-18-19-20-21-22-23-25-27-29-34-38-47(50)54-42-44(43-56-59(52,53)55-41-40-49(3,4)5)57-48(51)39-35-31-30-33-37-46-45(58-46)36-32-28-26-24-15-13-11-9-7-2/h15,18-19,24,28,30,32-33,44-46H,6-14,16-17,20-23,25-27,29,31,34-43H2,1-5H3/p+1/b19-18-,24-15-,32-28-,33-30-/t44-,45?,46?/m1/s1. The van der Waals surface area contributed by atoms with Crippen molar-refractivity contribution >= 4 is 19.8 Å². The van der Waals surface area contributed by atoms with Gasteiger partial charge in [-0.05, 0) is 77.0 Å². The number of phosphoric ester groups is 1. The maximum Gasteiger partial charge on any atom is 0.472 e. The topological polar surface area (TPSA) is 121 Å². The molecule has 0 saturated carbocycles. The van der Waals surface area contributed by atoms with Gasteiger partial charge in [-0.2, -0.15) is 0 Å². The van der Waals surface area contributed by atoms with Gasteiger partial charge in [0.2, 0.25) is 0 Å². The fourth-order valence-corrected chi connectivity index (χ4v) is 7.14. The molecule has 342 valence electrons. The Morgan fingerprint density at radius 1 is 0.610 bits per heavy atom. The van der Waals surface area contributed by atoms with Gasteiger partial charge in [-0.15, -0.1) is 0 Å². The number of rotatable bonds is 41. The van der Waals surface area contributed by atoms with Gasteiger partial charge in [0.1, 0.15) is 19.8 Å². The molecule has 10 nitrogen and oxygen atoms in total. The number of unbranched alkanes of at least 4 members (excludes halogenated alkanes) is 17. The number of ether oxygens (including phenoxy) is 3. The van der Waals surface area contributed by atoms with E-state index in [0.717, 1.165) is 57.8 Å². The molecule has 0 amide bonds. The molecule has 1 heterocycles. The third-order valence-corrected chi connectivity index (χ3v) is 11.2. The predicted octanol–water partition coefficient (Wildman–Crippen LogP) is 12.5. The van der Waals surface area contributed by atoms with Crippen LogP contribution >= 0.6 is 7.82 Å². The van der Waals surface area contributed by atoms with Gasteiger partial charge in [0.15, 0.2) is 6.10 Å². The first kappa shape index (κ1) is 54.9. The third kappa shape index (κ3) is 37.4. The Labute approximate surface area is 360 Å². The van der Waals surface area contributed by atoms with Gasteiger partial charge in [0.25, 0.3) is 0 Å². The highest BCUT2D eigenvalue weighted by Gasteiger charge is 2.36. The number of phosphoric acid groups is 1. The molecular weight excluding hydrogens is 766 g/mol. The number of esters is 2. The number of epoxide rings is 1. The molecule has 0 spiro atoms. The zero-order valence-corrected chi connectivity index (χ0v) is 39.1. The van der Waals surface area contributed by atoms with E-state index < -0.39 is 32.5 Å². The summed E-state index contributed by atoms with van der Waals surface area (Å²) in [5.41, 5.74) is 0. The van der Waals surface area contributed by atoms with Gasteiger partial charge in [-0.1, -0.05) is 140 Å². The van der Waals surface area contributed by atoms with Gasteiger partial charge in [-0.3, -0.25) is 18.6 Å². The summed E-state index contributed by atoms with van der Waals surface area (Å²) in [7, 11) is 1.43. The largest absolute Gasteiger partial charge is 0.472 e.